The second-order valence-corrected chi connectivity index (χ2v) is 7.05. The number of benzene rings is 2. The van der Waals surface area contributed by atoms with Crippen LogP contribution in [0.1, 0.15) is 27.0 Å². The number of Topliss-reactive ketones (excluding diaryl/α,β-unsaturated/α-hetero) is 1. The average Bonchev–Trinajstić information content (AvgIpc) is 2.97. The number of hydrogen-bond acceptors (Lipinski definition) is 6. The summed E-state index contributed by atoms with van der Waals surface area (Å²) in [7, 11) is 6.66. The molecule has 0 saturated carbocycles. The number of rotatable bonds is 3. The molecule has 6 nitrogen and oxygen atoms in total. The predicted molar refractivity (Wildman–Crippen MR) is 100 cm³/mol. The first kappa shape index (κ1) is 17.7. The number of phenolic OH excluding ortho intramolecular Hbond substituents is 1. The van der Waals surface area contributed by atoms with Crippen LogP contribution in [-0.2, 0) is 18.4 Å². The van der Waals surface area contributed by atoms with Crippen molar-refractivity contribution in [3.63, 3.8) is 0 Å². The smallest absolute Gasteiger partial charge is 0.188 e. The summed E-state index contributed by atoms with van der Waals surface area (Å²) >= 11 is 0. The zero-order valence-corrected chi connectivity index (χ0v) is 16.0. The van der Waals surface area contributed by atoms with Crippen LogP contribution in [0.15, 0.2) is 24.3 Å². The fraction of sp³-hybridized carbons (Fsp3) is 0.381. The van der Waals surface area contributed by atoms with Crippen LogP contribution in [0.2, 0.25) is 0 Å². The predicted octanol–water partition coefficient (Wildman–Crippen LogP) is 2.54. The van der Waals surface area contributed by atoms with Gasteiger partial charge in [0.1, 0.15) is 5.54 Å². The van der Waals surface area contributed by atoms with Gasteiger partial charge in [-0.2, -0.15) is 0 Å². The normalized spacial score (nSPS) is 21.1. The highest BCUT2D eigenvalue weighted by Gasteiger charge is 2.53. The minimum absolute atomic E-state index is 0.0367. The number of carbonyl (C=O) groups is 1. The first-order valence-corrected chi connectivity index (χ1v) is 8.88. The lowest BCUT2D eigenvalue weighted by Crippen LogP contribution is -2.52. The van der Waals surface area contributed by atoms with Crippen molar-refractivity contribution in [1.29, 1.82) is 0 Å². The number of fused-ring (bicyclic) bond motifs is 3. The van der Waals surface area contributed by atoms with Crippen molar-refractivity contribution in [2.24, 2.45) is 0 Å². The molecule has 142 valence electrons. The lowest BCUT2D eigenvalue weighted by atomic mass is 9.77. The van der Waals surface area contributed by atoms with Crippen molar-refractivity contribution in [2.45, 2.75) is 18.4 Å². The Kier molecular flexibility index (Phi) is 4.03. The second-order valence-electron chi connectivity index (χ2n) is 7.05. The third-order valence-corrected chi connectivity index (χ3v) is 5.92. The Morgan fingerprint density at radius 3 is 2.48 bits per heavy atom. The van der Waals surface area contributed by atoms with Gasteiger partial charge in [-0.3, -0.25) is 9.69 Å². The van der Waals surface area contributed by atoms with Crippen LogP contribution in [0.25, 0.3) is 0 Å². The number of ketones is 1. The number of hydrogen-bond donors (Lipinski definition) is 1. The van der Waals surface area contributed by atoms with Gasteiger partial charge in [0.25, 0.3) is 0 Å². The molecule has 1 aliphatic heterocycles. The van der Waals surface area contributed by atoms with Crippen molar-refractivity contribution in [3.05, 3.63) is 46.5 Å². The maximum atomic E-state index is 13.7. The first-order valence-electron chi connectivity index (χ1n) is 8.88. The van der Waals surface area contributed by atoms with Gasteiger partial charge in [0.05, 0.1) is 21.3 Å². The SMILES string of the molecule is COc1cc2c(cc1O)CCN(C)C21Cc2c(ccc(OC)c2OC)C1=O. The highest BCUT2D eigenvalue weighted by molar-refractivity contribution is 6.09. The summed E-state index contributed by atoms with van der Waals surface area (Å²) in [6, 6.07) is 7.11. The van der Waals surface area contributed by atoms with Gasteiger partial charge < -0.3 is 19.3 Å². The third-order valence-electron chi connectivity index (χ3n) is 5.92. The summed E-state index contributed by atoms with van der Waals surface area (Å²) < 4.78 is 16.3. The molecule has 0 amide bonds. The van der Waals surface area contributed by atoms with E-state index in [1.165, 1.54) is 7.11 Å². The Morgan fingerprint density at radius 2 is 1.81 bits per heavy atom. The quantitative estimate of drug-likeness (QED) is 0.897. The van der Waals surface area contributed by atoms with E-state index >= 15 is 0 Å². The molecule has 0 aromatic heterocycles. The first-order chi connectivity index (χ1) is 13.0. The molecule has 2 aromatic rings. The molecule has 1 spiro atoms. The van der Waals surface area contributed by atoms with Crippen molar-refractivity contribution in [1.82, 2.24) is 4.90 Å². The van der Waals surface area contributed by atoms with E-state index in [9.17, 15) is 9.90 Å². The molecule has 0 fully saturated rings. The molecular formula is C21H23NO5. The zero-order chi connectivity index (χ0) is 19.3. The number of ether oxygens (including phenoxy) is 3. The van der Waals surface area contributed by atoms with Crippen LogP contribution < -0.4 is 14.2 Å². The maximum absolute atomic E-state index is 13.7. The van der Waals surface area contributed by atoms with Gasteiger partial charge in [-0.15, -0.1) is 0 Å². The lowest BCUT2D eigenvalue weighted by molar-refractivity contribution is 0.0615. The molecule has 2 aliphatic rings. The monoisotopic (exact) mass is 369 g/mol. The van der Waals surface area contributed by atoms with Crippen LogP contribution in [0, 0.1) is 0 Å². The van der Waals surface area contributed by atoms with Crippen molar-refractivity contribution >= 4 is 5.78 Å². The Balaban J connectivity index is 1.96. The van der Waals surface area contributed by atoms with E-state index in [2.05, 4.69) is 4.90 Å². The molecule has 0 radical (unpaired) electrons. The number of phenols is 1. The van der Waals surface area contributed by atoms with Crippen LogP contribution in [0.4, 0.5) is 0 Å². The van der Waals surface area contributed by atoms with Crippen molar-refractivity contribution < 1.29 is 24.1 Å². The topological polar surface area (TPSA) is 68.2 Å². The Hall–Kier alpha value is -2.73. The molecule has 4 rings (SSSR count). The molecule has 1 heterocycles. The lowest BCUT2D eigenvalue weighted by Gasteiger charge is -2.43. The summed E-state index contributed by atoms with van der Waals surface area (Å²) in [6.07, 6.45) is 1.24. The number of nitrogens with zero attached hydrogens (tertiary/aromatic N) is 1. The number of aromatic hydroxyl groups is 1. The van der Waals surface area contributed by atoms with Crippen LogP contribution >= 0.6 is 0 Å². The summed E-state index contributed by atoms with van der Waals surface area (Å²) in [5.41, 5.74) is 2.52. The average molecular weight is 369 g/mol. The number of methoxy groups -OCH3 is 3. The van der Waals surface area contributed by atoms with E-state index in [1.54, 1.807) is 32.4 Å². The van der Waals surface area contributed by atoms with Gasteiger partial charge >= 0.3 is 0 Å². The fourth-order valence-corrected chi connectivity index (χ4v) is 4.52. The van der Waals surface area contributed by atoms with Gasteiger partial charge in [-0.05, 0) is 48.9 Å². The van der Waals surface area contributed by atoms with Crippen LogP contribution in [0.5, 0.6) is 23.0 Å². The maximum Gasteiger partial charge on any atom is 0.188 e. The van der Waals surface area contributed by atoms with Crippen molar-refractivity contribution in [3.8, 4) is 23.0 Å². The molecule has 2 aromatic carbocycles. The second kappa shape index (κ2) is 6.16. The largest absolute Gasteiger partial charge is 0.504 e. The Labute approximate surface area is 158 Å². The summed E-state index contributed by atoms with van der Waals surface area (Å²) in [5, 5.41) is 10.2. The summed E-state index contributed by atoms with van der Waals surface area (Å²) in [4.78, 5) is 15.8. The van der Waals surface area contributed by atoms with E-state index in [-0.39, 0.29) is 11.5 Å². The molecule has 1 N–H and O–H groups in total. The summed E-state index contributed by atoms with van der Waals surface area (Å²) in [5.74, 6) is 1.72. The molecular weight excluding hydrogens is 346 g/mol. The number of likely N-dealkylation sites (N-methyl/N-ethyl adjacent to an activating group) is 1. The summed E-state index contributed by atoms with van der Waals surface area (Å²) in [6.45, 7) is 0.720. The Bertz CT molecular complexity index is 939. The minimum Gasteiger partial charge on any atom is -0.504 e. The van der Waals surface area contributed by atoms with Gasteiger partial charge in [0.2, 0.25) is 0 Å². The highest BCUT2D eigenvalue weighted by atomic mass is 16.5. The van der Waals surface area contributed by atoms with Gasteiger partial charge in [0, 0.05) is 24.1 Å². The molecule has 1 atom stereocenters. The van der Waals surface area contributed by atoms with E-state index in [0.717, 1.165) is 29.7 Å². The van der Waals surface area contributed by atoms with E-state index in [4.69, 9.17) is 14.2 Å². The van der Waals surface area contributed by atoms with Crippen molar-refractivity contribution in [2.75, 3.05) is 34.9 Å². The zero-order valence-electron chi connectivity index (χ0n) is 16.0. The van der Waals surface area contributed by atoms with Gasteiger partial charge in [-0.1, -0.05) is 0 Å². The molecule has 0 saturated heterocycles. The molecule has 27 heavy (non-hydrogen) atoms. The molecule has 1 unspecified atom stereocenters. The van der Waals surface area contributed by atoms with E-state index < -0.39 is 5.54 Å². The van der Waals surface area contributed by atoms with Crippen LogP contribution in [0.3, 0.4) is 0 Å². The fourth-order valence-electron chi connectivity index (χ4n) is 4.52. The third kappa shape index (κ3) is 2.26. The van der Waals surface area contributed by atoms with Crippen LogP contribution in [-0.4, -0.2) is 50.7 Å². The Morgan fingerprint density at radius 1 is 1.07 bits per heavy atom. The minimum atomic E-state index is -0.837. The molecule has 0 bridgehead atoms. The standard InChI is InChI=1S/C21H23NO5/c1-22-8-7-12-9-16(23)18(26-3)10-15(12)21(22)11-14-13(20(21)24)5-6-17(25-2)19(14)27-4/h5-6,9-10,23H,7-8,11H2,1-4H3. The van der Waals surface area contributed by atoms with Gasteiger partial charge in [-0.25, -0.2) is 0 Å². The number of carbonyl (C=O) groups excluding carboxylic acids is 1. The van der Waals surface area contributed by atoms with Gasteiger partial charge in [0.15, 0.2) is 28.8 Å². The van der Waals surface area contributed by atoms with E-state index in [1.807, 2.05) is 13.1 Å². The molecule has 6 heteroatoms. The highest BCUT2D eigenvalue weighted by Crippen LogP contribution is 2.51. The molecule has 1 aliphatic carbocycles. The van der Waals surface area contributed by atoms with E-state index in [0.29, 0.717) is 29.2 Å².